The molecule has 1 aliphatic carbocycles. The van der Waals surface area contributed by atoms with E-state index in [2.05, 4.69) is 93.5 Å². The Morgan fingerprint density at radius 3 is 2.26 bits per heavy atom. The molecule has 0 fully saturated rings. The van der Waals surface area contributed by atoms with E-state index in [1.807, 2.05) is 42.5 Å². The Labute approximate surface area is 320 Å². The number of aromatic nitrogens is 1. The molecule has 0 unspecified atom stereocenters. The summed E-state index contributed by atoms with van der Waals surface area (Å²) in [5, 5.41) is 0. The monoisotopic (exact) mass is 744 g/mol. The first kappa shape index (κ1) is 36.6. The summed E-state index contributed by atoms with van der Waals surface area (Å²) in [6.45, 7) is 14.9. The van der Waals surface area contributed by atoms with E-state index in [1.165, 1.54) is 46.4 Å². The average Bonchev–Trinajstić information content (AvgIpc) is 3.86. The molecule has 1 aromatic heterocycles. The fraction of sp³-hybridized carbons (Fsp3) is 0.318. The number of esters is 2. The molecule has 2 aliphatic heterocycles. The number of nitrogens with zero attached hydrogens (tertiary/aromatic N) is 3. The Morgan fingerprint density at radius 2 is 1.58 bits per heavy atom. The summed E-state index contributed by atoms with van der Waals surface area (Å²) in [7, 11) is 2.85. The van der Waals surface area contributed by atoms with Crippen molar-refractivity contribution < 1.29 is 23.6 Å². The number of thioether (sulfide) groups is 1. The van der Waals surface area contributed by atoms with Crippen molar-refractivity contribution in [3.05, 3.63) is 129 Å². The van der Waals surface area contributed by atoms with Crippen LogP contribution < -0.4 is 4.90 Å². The molecule has 0 atom stereocenters. The minimum absolute atomic E-state index is 0.311. The highest BCUT2D eigenvalue weighted by atomic mass is 32.2. The third-order valence-electron chi connectivity index (χ3n) is 10.9. The lowest BCUT2D eigenvalue weighted by molar-refractivity contribution is -0.433. The van der Waals surface area contributed by atoms with Gasteiger partial charge in [-0.2, -0.15) is 4.58 Å². The van der Waals surface area contributed by atoms with Crippen molar-refractivity contribution in [1.29, 1.82) is 0 Å². The number of anilines is 1. The molecule has 7 rings (SSSR count). The summed E-state index contributed by atoms with van der Waals surface area (Å²) in [5.74, 6) is -0.647. The lowest BCUT2D eigenvalue weighted by atomic mass is 9.80. The number of allylic oxidation sites excluding steroid dienone is 7. The van der Waals surface area contributed by atoms with E-state index >= 15 is 0 Å². The number of ether oxygens (including phenoxy) is 2. The van der Waals surface area contributed by atoms with Crippen molar-refractivity contribution in [2.75, 3.05) is 32.2 Å². The molecule has 0 radical (unpaired) electrons. The molecule has 0 saturated carbocycles. The summed E-state index contributed by atoms with van der Waals surface area (Å²) in [6, 6.07) is 20.1. The van der Waals surface area contributed by atoms with Crippen LogP contribution in [0, 0.1) is 0 Å². The van der Waals surface area contributed by atoms with E-state index in [4.69, 9.17) is 14.5 Å². The molecule has 3 heterocycles. The molecular formula is C44H46N3O4S2+. The summed E-state index contributed by atoms with van der Waals surface area (Å²) in [6.07, 6.45) is 11.0. The number of fused-ring (bicyclic) bond motifs is 3. The zero-order valence-electron chi connectivity index (χ0n) is 31.7. The van der Waals surface area contributed by atoms with Gasteiger partial charge in [0, 0.05) is 46.0 Å². The molecule has 9 heteroatoms. The molecule has 0 amide bonds. The summed E-state index contributed by atoms with van der Waals surface area (Å²) < 4.78 is 14.7. The second kappa shape index (κ2) is 14.3. The van der Waals surface area contributed by atoms with E-state index in [1.54, 1.807) is 23.1 Å². The highest BCUT2D eigenvalue weighted by Crippen LogP contribution is 2.50. The van der Waals surface area contributed by atoms with Crippen LogP contribution >= 0.6 is 23.1 Å². The lowest BCUT2D eigenvalue weighted by Gasteiger charge is -2.26. The molecule has 272 valence electrons. The maximum absolute atomic E-state index is 12.4. The van der Waals surface area contributed by atoms with E-state index in [0.717, 1.165) is 58.3 Å². The van der Waals surface area contributed by atoms with Gasteiger partial charge in [0.1, 0.15) is 6.54 Å². The molecule has 0 N–H and O–H groups in total. The Kier molecular flexibility index (Phi) is 9.85. The molecule has 3 aliphatic rings. The van der Waals surface area contributed by atoms with Crippen molar-refractivity contribution in [1.82, 2.24) is 4.98 Å². The zero-order chi connectivity index (χ0) is 37.7. The minimum atomic E-state index is -0.324. The molecule has 4 aromatic rings. The quantitative estimate of drug-likeness (QED) is 0.125. The zero-order valence-corrected chi connectivity index (χ0v) is 33.3. The minimum Gasteiger partial charge on any atom is -0.465 e. The van der Waals surface area contributed by atoms with Crippen LogP contribution in [-0.2, 0) is 20.3 Å². The van der Waals surface area contributed by atoms with Gasteiger partial charge in [-0.15, -0.1) is 11.3 Å². The third-order valence-corrected chi connectivity index (χ3v) is 13.2. The van der Waals surface area contributed by atoms with Gasteiger partial charge in [-0.25, -0.2) is 14.6 Å². The Bertz CT molecular complexity index is 2290. The van der Waals surface area contributed by atoms with Crippen molar-refractivity contribution >= 4 is 62.3 Å². The number of benzene rings is 3. The second-order valence-corrected chi connectivity index (χ2v) is 16.8. The van der Waals surface area contributed by atoms with E-state index in [0.29, 0.717) is 11.1 Å². The number of hydrogen-bond acceptors (Lipinski definition) is 8. The molecular weight excluding hydrogens is 699 g/mol. The SMILES string of the molecule is CCN1/C(=C/C=C2\CCC(/C=C/C3=[N+](CC)c4ccc(C(=O)OC)cc4C3(C)C)=C2Sc2nc3ccccc3s2)C(C)(C)c2cc(C(=O)OC)ccc21. The first-order valence-corrected chi connectivity index (χ1v) is 19.8. The van der Waals surface area contributed by atoms with Crippen LogP contribution in [0.4, 0.5) is 11.4 Å². The van der Waals surface area contributed by atoms with Crippen molar-refractivity contribution in [2.45, 2.75) is 69.6 Å². The Morgan fingerprint density at radius 1 is 0.887 bits per heavy atom. The van der Waals surface area contributed by atoms with Crippen molar-refractivity contribution in [3.63, 3.8) is 0 Å². The lowest BCUT2D eigenvalue weighted by Crippen LogP contribution is -2.27. The number of rotatable bonds is 9. The summed E-state index contributed by atoms with van der Waals surface area (Å²) in [4.78, 5) is 33.5. The predicted molar refractivity (Wildman–Crippen MR) is 217 cm³/mol. The standard InChI is InChI=1S/C44H46N3O4S2/c1-9-46-34-21-17-29(40(48)50-7)25-31(34)43(3,4)37(46)23-19-27-15-16-28(39(27)53-42-45-33-13-11-12-14-36(33)52-42)20-24-38-44(5,6)32-26-30(41(49)51-8)18-22-35(32)47(38)10-2/h11-14,17-26H,9-10,15-16H2,1-8H3/q+1. The van der Waals surface area contributed by atoms with Crippen LogP contribution in [0.2, 0.25) is 0 Å². The molecule has 7 nitrogen and oxygen atoms in total. The fourth-order valence-electron chi connectivity index (χ4n) is 8.01. The number of carbonyl (C=O) groups is 2. The van der Waals surface area contributed by atoms with Crippen molar-refractivity contribution in [2.24, 2.45) is 0 Å². The van der Waals surface area contributed by atoms with Crippen LogP contribution in [0.25, 0.3) is 10.2 Å². The van der Waals surface area contributed by atoms with Gasteiger partial charge in [-0.1, -0.05) is 49.9 Å². The van der Waals surface area contributed by atoms with Gasteiger partial charge in [-0.05, 0) is 106 Å². The highest BCUT2D eigenvalue weighted by Gasteiger charge is 2.44. The van der Waals surface area contributed by atoms with E-state index < -0.39 is 0 Å². The first-order valence-electron chi connectivity index (χ1n) is 18.2. The second-order valence-electron chi connectivity index (χ2n) is 14.6. The molecule has 0 bridgehead atoms. The van der Waals surface area contributed by atoms with Gasteiger partial charge in [-0.3, -0.25) is 0 Å². The topological polar surface area (TPSA) is 71.7 Å². The Balaban J connectivity index is 1.29. The fourth-order valence-corrected chi connectivity index (χ4v) is 10.3. The van der Waals surface area contributed by atoms with Crippen LogP contribution in [-0.4, -0.2) is 54.5 Å². The molecule has 53 heavy (non-hydrogen) atoms. The number of para-hydroxylation sites is 1. The summed E-state index contributed by atoms with van der Waals surface area (Å²) in [5.41, 5.74) is 11.0. The van der Waals surface area contributed by atoms with Crippen LogP contribution in [0.1, 0.15) is 86.2 Å². The number of methoxy groups -OCH3 is 2. The maximum atomic E-state index is 12.4. The maximum Gasteiger partial charge on any atom is 0.337 e. The average molecular weight is 745 g/mol. The smallest absolute Gasteiger partial charge is 0.337 e. The normalized spacial score (nSPS) is 18.9. The Hall–Kier alpha value is -4.73. The number of carbonyl (C=O) groups excluding carboxylic acids is 2. The largest absolute Gasteiger partial charge is 0.465 e. The first-order chi connectivity index (χ1) is 25.4. The molecule has 0 spiro atoms. The van der Waals surface area contributed by atoms with Crippen LogP contribution in [0.5, 0.6) is 0 Å². The van der Waals surface area contributed by atoms with Crippen LogP contribution in [0.15, 0.2) is 111 Å². The van der Waals surface area contributed by atoms with Gasteiger partial charge < -0.3 is 14.4 Å². The third kappa shape index (κ3) is 6.38. The number of thiazole rings is 1. The van der Waals surface area contributed by atoms with E-state index in [9.17, 15) is 9.59 Å². The molecule has 3 aromatic carbocycles. The predicted octanol–water partition coefficient (Wildman–Crippen LogP) is 10.3. The van der Waals surface area contributed by atoms with Gasteiger partial charge in [0.05, 0.1) is 41.0 Å². The van der Waals surface area contributed by atoms with E-state index in [-0.39, 0.29) is 22.8 Å². The van der Waals surface area contributed by atoms with Crippen molar-refractivity contribution in [3.8, 4) is 0 Å². The highest BCUT2D eigenvalue weighted by molar-refractivity contribution is 8.05. The number of likely N-dealkylation sites (N-methyl/N-ethyl adjacent to an activating group) is 1. The van der Waals surface area contributed by atoms with Gasteiger partial charge in [0.2, 0.25) is 5.69 Å². The van der Waals surface area contributed by atoms with Gasteiger partial charge >= 0.3 is 11.9 Å². The molecule has 0 saturated heterocycles. The van der Waals surface area contributed by atoms with Crippen LogP contribution in [0.3, 0.4) is 0 Å². The van der Waals surface area contributed by atoms with Gasteiger partial charge in [0.25, 0.3) is 0 Å². The number of hydrogen-bond donors (Lipinski definition) is 0. The van der Waals surface area contributed by atoms with Gasteiger partial charge in [0.15, 0.2) is 10.1 Å². The summed E-state index contributed by atoms with van der Waals surface area (Å²) >= 11 is 3.49.